The topological polar surface area (TPSA) is 55.4 Å². The Bertz CT molecular complexity index is 119. The van der Waals surface area contributed by atoms with Crippen LogP contribution in [0.15, 0.2) is 4.99 Å². The van der Waals surface area contributed by atoms with E-state index in [1.165, 1.54) is 6.08 Å². The molecule has 0 bridgehead atoms. The number of carbonyl (C=O) groups excluding carboxylic acids is 1. The molecule has 0 fully saturated rings. The molecule has 0 aliphatic heterocycles. The van der Waals surface area contributed by atoms with Gasteiger partial charge in [0.05, 0.1) is 0 Å². The standard InChI is InChI=1S/C7H13N2O/c1-2-3-4-5-7(8)9-6-10/h7H,1-5,8H2. The number of hydrogen-bond donors (Lipinski definition) is 1. The highest BCUT2D eigenvalue weighted by Crippen LogP contribution is 2.01. The monoisotopic (exact) mass is 141 g/mol. The summed E-state index contributed by atoms with van der Waals surface area (Å²) in [6, 6.07) is 0. The second-order valence-electron chi connectivity index (χ2n) is 2.14. The van der Waals surface area contributed by atoms with Gasteiger partial charge in [0.1, 0.15) is 6.17 Å². The average Bonchev–Trinajstić information content (AvgIpc) is 1.89. The minimum Gasteiger partial charge on any atom is -0.309 e. The molecule has 0 amide bonds. The molecule has 0 aromatic heterocycles. The molecular weight excluding hydrogens is 128 g/mol. The number of unbranched alkanes of at least 4 members (excludes halogenated alkanes) is 2. The van der Waals surface area contributed by atoms with Gasteiger partial charge < -0.3 is 5.73 Å². The Morgan fingerprint density at radius 2 is 2.30 bits per heavy atom. The maximum absolute atomic E-state index is 9.66. The molecule has 1 atom stereocenters. The van der Waals surface area contributed by atoms with Crippen LogP contribution in [0.5, 0.6) is 0 Å². The van der Waals surface area contributed by atoms with Crippen molar-refractivity contribution in [3.8, 4) is 0 Å². The quantitative estimate of drug-likeness (QED) is 0.353. The van der Waals surface area contributed by atoms with Crippen LogP contribution in [0.25, 0.3) is 0 Å². The summed E-state index contributed by atoms with van der Waals surface area (Å²) in [5.41, 5.74) is 5.38. The third-order valence-corrected chi connectivity index (χ3v) is 1.22. The van der Waals surface area contributed by atoms with Crippen LogP contribution in [0.3, 0.4) is 0 Å². The zero-order valence-electron chi connectivity index (χ0n) is 6.05. The minimum absolute atomic E-state index is 0.357. The molecule has 0 saturated carbocycles. The number of hydrogen-bond acceptors (Lipinski definition) is 3. The Hall–Kier alpha value is -0.660. The van der Waals surface area contributed by atoms with Crippen LogP contribution in [-0.4, -0.2) is 12.2 Å². The van der Waals surface area contributed by atoms with Crippen LogP contribution in [0, 0.1) is 6.92 Å². The normalized spacial score (nSPS) is 12.2. The highest BCUT2D eigenvalue weighted by Gasteiger charge is 1.96. The predicted molar refractivity (Wildman–Crippen MR) is 39.9 cm³/mol. The van der Waals surface area contributed by atoms with Crippen LogP contribution in [-0.2, 0) is 4.79 Å². The SMILES string of the molecule is [CH2]CCCCC(N)N=C=O. The highest BCUT2D eigenvalue weighted by atomic mass is 16.1. The molecule has 0 saturated heterocycles. The van der Waals surface area contributed by atoms with E-state index < -0.39 is 0 Å². The lowest BCUT2D eigenvalue weighted by Crippen LogP contribution is -2.16. The maximum atomic E-state index is 9.66. The van der Waals surface area contributed by atoms with E-state index in [0.717, 1.165) is 25.7 Å². The van der Waals surface area contributed by atoms with Crippen LogP contribution < -0.4 is 5.73 Å². The third-order valence-electron chi connectivity index (χ3n) is 1.22. The summed E-state index contributed by atoms with van der Waals surface area (Å²) in [5, 5.41) is 0. The molecule has 1 unspecified atom stereocenters. The Balaban J connectivity index is 3.21. The Morgan fingerprint density at radius 1 is 1.60 bits per heavy atom. The summed E-state index contributed by atoms with van der Waals surface area (Å²) >= 11 is 0. The lowest BCUT2D eigenvalue weighted by atomic mass is 10.2. The fourth-order valence-corrected chi connectivity index (χ4v) is 0.662. The van der Waals surface area contributed by atoms with E-state index in [9.17, 15) is 4.79 Å². The van der Waals surface area contributed by atoms with Gasteiger partial charge in [-0.15, -0.1) is 0 Å². The van der Waals surface area contributed by atoms with Crippen LogP contribution in [0.4, 0.5) is 0 Å². The number of aliphatic imine (C=N–C) groups is 1. The van der Waals surface area contributed by atoms with Crippen molar-refractivity contribution < 1.29 is 4.79 Å². The van der Waals surface area contributed by atoms with Crippen molar-refractivity contribution in [3.05, 3.63) is 6.92 Å². The van der Waals surface area contributed by atoms with Gasteiger partial charge in [0, 0.05) is 0 Å². The Morgan fingerprint density at radius 3 is 2.80 bits per heavy atom. The largest absolute Gasteiger partial charge is 0.309 e. The fraction of sp³-hybridized carbons (Fsp3) is 0.714. The zero-order chi connectivity index (χ0) is 7.82. The minimum atomic E-state index is -0.357. The molecule has 3 nitrogen and oxygen atoms in total. The molecule has 0 aliphatic carbocycles. The van der Waals surface area contributed by atoms with Gasteiger partial charge in [-0.1, -0.05) is 19.8 Å². The van der Waals surface area contributed by atoms with Crippen molar-refractivity contribution in [1.29, 1.82) is 0 Å². The Labute approximate surface area is 61.3 Å². The molecule has 2 N–H and O–H groups in total. The summed E-state index contributed by atoms with van der Waals surface area (Å²) in [6.07, 6.45) is 4.77. The van der Waals surface area contributed by atoms with Crippen LogP contribution in [0.2, 0.25) is 0 Å². The molecule has 57 valence electrons. The van der Waals surface area contributed by atoms with Crippen molar-refractivity contribution in [2.45, 2.75) is 31.8 Å². The van der Waals surface area contributed by atoms with Crippen molar-refractivity contribution in [3.63, 3.8) is 0 Å². The fourth-order valence-electron chi connectivity index (χ4n) is 0.662. The molecule has 0 heterocycles. The van der Waals surface area contributed by atoms with Crippen molar-refractivity contribution in [1.82, 2.24) is 0 Å². The molecule has 0 aromatic carbocycles. The second-order valence-corrected chi connectivity index (χ2v) is 2.14. The second kappa shape index (κ2) is 6.46. The van der Waals surface area contributed by atoms with Gasteiger partial charge in [-0.2, -0.15) is 4.99 Å². The van der Waals surface area contributed by atoms with Gasteiger partial charge in [0.25, 0.3) is 0 Å². The van der Waals surface area contributed by atoms with E-state index in [2.05, 4.69) is 11.9 Å². The lowest BCUT2D eigenvalue weighted by molar-refractivity contribution is 0.543. The van der Waals surface area contributed by atoms with Gasteiger partial charge in [-0.05, 0) is 12.8 Å². The summed E-state index contributed by atoms with van der Waals surface area (Å²) in [5.74, 6) is 0. The molecular formula is C7H13N2O. The van der Waals surface area contributed by atoms with E-state index in [-0.39, 0.29) is 6.17 Å². The number of isocyanates is 1. The Kier molecular flexibility index (Phi) is 6.03. The van der Waals surface area contributed by atoms with E-state index in [0.29, 0.717) is 0 Å². The predicted octanol–water partition coefficient (Wildman–Crippen LogP) is 1.00. The van der Waals surface area contributed by atoms with Crippen LogP contribution >= 0.6 is 0 Å². The van der Waals surface area contributed by atoms with E-state index in [1.807, 2.05) is 0 Å². The highest BCUT2D eigenvalue weighted by molar-refractivity contribution is 5.33. The molecule has 3 heteroatoms. The van der Waals surface area contributed by atoms with E-state index in [1.54, 1.807) is 0 Å². The zero-order valence-corrected chi connectivity index (χ0v) is 6.05. The molecule has 1 radical (unpaired) electrons. The molecule has 10 heavy (non-hydrogen) atoms. The molecule has 0 aromatic rings. The molecule has 0 rings (SSSR count). The number of nitrogens with zero attached hydrogens (tertiary/aromatic N) is 1. The first-order valence-corrected chi connectivity index (χ1v) is 3.43. The number of nitrogens with two attached hydrogens (primary N) is 1. The summed E-state index contributed by atoms with van der Waals surface area (Å²) in [7, 11) is 0. The van der Waals surface area contributed by atoms with Gasteiger partial charge in [0.2, 0.25) is 6.08 Å². The number of rotatable bonds is 5. The van der Waals surface area contributed by atoms with E-state index in [4.69, 9.17) is 5.73 Å². The first-order valence-electron chi connectivity index (χ1n) is 3.43. The third kappa shape index (κ3) is 5.48. The summed E-state index contributed by atoms with van der Waals surface area (Å²) in [6.45, 7) is 3.68. The van der Waals surface area contributed by atoms with Gasteiger partial charge in [-0.3, -0.25) is 0 Å². The first-order chi connectivity index (χ1) is 4.81. The van der Waals surface area contributed by atoms with Crippen LogP contribution in [0.1, 0.15) is 25.7 Å². The summed E-state index contributed by atoms with van der Waals surface area (Å²) in [4.78, 5) is 13.0. The van der Waals surface area contributed by atoms with Crippen molar-refractivity contribution in [2.24, 2.45) is 10.7 Å². The van der Waals surface area contributed by atoms with Crippen molar-refractivity contribution in [2.75, 3.05) is 0 Å². The smallest absolute Gasteiger partial charge is 0.236 e. The van der Waals surface area contributed by atoms with Gasteiger partial charge in [0.15, 0.2) is 0 Å². The molecule has 0 spiro atoms. The van der Waals surface area contributed by atoms with Gasteiger partial charge >= 0.3 is 0 Å². The van der Waals surface area contributed by atoms with E-state index >= 15 is 0 Å². The summed E-state index contributed by atoms with van der Waals surface area (Å²) < 4.78 is 0. The first kappa shape index (κ1) is 9.34. The molecule has 0 aliphatic rings. The van der Waals surface area contributed by atoms with Crippen molar-refractivity contribution >= 4 is 6.08 Å². The lowest BCUT2D eigenvalue weighted by Gasteiger charge is -2.00. The van der Waals surface area contributed by atoms with Gasteiger partial charge in [-0.25, -0.2) is 4.79 Å². The average molecular weight is 141 g/mol. The maximum Gasteiger partial charge on any atom is 0.236 e.